The average molecular weight is 361 g/mol. The van der Waals surface area contributed by atoms with E-state index in [-0.39, 0.29) is 5.91 Å². The van der Waals surface area contributed by atoms with Crippen LogP contribution in [0.3, 0.4) is 0 Å². The Morgan fingerprint density at radius 1 is 1.31 bits per heavy atom. The van der Waals surface area contributed by atoms with Crippen molar-refractivity contribution in [2.75, 3.05) is 50.5 Å². The summed E-state index contributed by atoms with van der Waals surface area (Å²) >= 11 is 0. The largest absolute Gasteiger partial charge is 0.367 e. The molecule has 1 aliphatic carbocycles. The summed E-state index contributed by atoms with van der Waals surface area (Å²) in [6, 6.07) is 2.66. The summed E-state index contributed by atoms with van der Waals surface area (Å²) in [7, 11) is 4.03. The minimum absolute atomic E-state index is 0.168. The van der Waals surface area contributed by atoms with E-state index in [1.165, 1.54) is 19.3 Å². The maximum atomic E-state index is 12.0. The van der Waals surface area contributed by atoms with E-state index in [0.29, 0.717) is 18.4 Å². The molecule has 7 nitrogen and oxygen atoms in total. The molecule has 3 rings (SSSR count). The smallest absolute Gasteiger partial charge is 0.220 e. The molecule has 144 valence electrons. The van der Waals surface area contributed by atoms with Crippen molar-refractivity contribution in [2.45, 2.75) is 44.6 Å². The van der Waals surface area contributed by atoms with Crippen LogP contribution >= 0.6 is 0 Å². The first-order valence-corrected chi connectivity index (χ1v) is 9.85. The predicted octanol–water partition coefficient (Wildman–Crippen LogP) is 1.73. The number of nitrogens with zero attached hydrogens (tertiary/aromatic N) is 4. The van der Waals surface area contributed by atoms with E-state index in [9.17, 15) is 4.79 Å². The number of carbonyl (C=O) groups excluding carboxylic acids is 1. The lowest BCUT2D eigenvalue weighted by molar-refractivity contribution is -0.121. The summed E-state index contributed by atoms with van der Waals surface area (Å²) in [6.45, 7) is 3.62. The number of rotatable bonds is 9. The molecule has 2 fully saturated rings. The summed E-state index contributed by atoms with van der Waals surface area (Å²) in [5, 5.41) is 6.44. The number of nitrogens with one attached hydrogen (secondary N) is 2. The second-order valence-corrected chi connectivity index (χ2v) is 7.83. The molecule has 1 saturated heterocycles. The number of carbonyl (C=O) groups is 1. The zero-order chi connectivity index (χ0) is 18.4. The van der Waals surface area contributed by atoms with Gasteiger partial charge in [0.15, 0.2) is 0 Å². The van der Waals surface area contributed by atoms with Crippen molar-refractivity contribution in [1.82, 2.24) is 20.2 Å². The highest BCUT2D eigenvalue weighted by Crippen LogP contribution is 2.27. The zero-order valence-corrected chi connectivity index (χ0v) is 16.1. The maximum Gasteiger partial charge on any atom is 0.220 e. The van der Waals surface area contributed by atoms with Gasteiger partial charge >= 0.3 is 0 Å². The van der Waals surface area contributed by atoms with E-state index in [4.69, 9.17) is 0 Å². The van der Waals surface area contributed by atoms with Crippen LogP contribution in [0.2, 0.25) is 0 Å². The Hall–Kier alpha value is -1.89. The molecule has 0 spiro atoms. The molecular formula is C19H32N6O. The minimum Gasteiger partial charge on any atom is -0.367 e. The van der Waals surface area contributed by atoms with Crippen molar-refractivity contribution in [3.8, 4) is 0 Å². The Kier molecular flexibility index (Phi) is 6.66. The normalized spacial score (nSPS) is 20.3. The van der Waals surface area contributed by atoms with E-state index >= 15 is 0 Å². The van der Waals surface area contributed by atoms with Gasteiger partial charge in [0.25, 0.3) is 0 Å². The van der Waals surface area contributed by atoms with E-state index in [0.717, 1.165) is 50.7 Å². The standard InChI is InChI=1S/C19H32N6O/c1-24(2)11-9-20-19(26)8-5-15-4-3-10-25(13-15)18-12-17(21-14-22-18)23-16-6-7-16/h12,14-16H,3-11,13H2,1-2H3,(H,20,26)(H,21,22,23). The molecule has 0 bridgehead atoms. The van der Waals surface area contributed by atoms with Crippen LogP contribution in [0.4, 0.5) is 11.6 Å². The Morgan fingerprint density at radius 3 is 2.92 bits per heavy atom. The van der Waals surface area contributed by atoms with Crippen LogP contribution in [-0.2, 0) is 4.79 Å². The van der Waals surface area contributed by atoms with Crippen molar-refractivity contribution in [1.29, 1.82) is 0 Å². The van der Waals surface area contributed by atoms with Crippen LogP contribution in [0.25, 0.3) is 0 Å². The van der Waals surface area contributed by atoms with Gasteiger partial charge in [0.05, 0.1) is 0 Å². The number of amides is 1. The van der Waals surface area contributed by atoms with Crippen molar-refractivity contribution in [2.24, 2.45) is 5.92 Å². The molecule has 1 amide bonds. The number of anilines is 2. The van der Waals surface area contributed by atoms with Gasteiger partial charge in [0.1, 0.15) is 18.0 Å². The lowest BCUT2D eigenvalue weighted by Gasteiger charge is -2.33. The molecular weight excluding hydrogens is 328 g/mol. The molecule has 1 aromatic rings. The Labute approximate surface area is 156 Å². The lowest BCUT2D eigenvalue weighted by Crippen LogP contribution is -2.37. The first kappa shape index (κ1) is 18.9. The quantitative estimate of drug-likeness (QED) is 0.699. The summed E-state index contributed by atoms with van der Waals surface area (Å²) in [6.07, 6.45) is 8.04. The third-order valence-corrected chi connectivity index (χ3v) is 5.09. The van der Waals surface area contributed by atoms with Crippen LogP contribution in [0.5, 0.6) is 0 Å². The molecule has 26 heavy (non-hydrogen) atoms. The molecule has 1 aromatic heterocycles. The van der Waals surface area contributed by atoms with Crippen LogP contribution in [0.1, 0.15) is 38.5 Å². The number of likely N-dealkylation sites (N-methyl/N-ethyl adjacent to an activating group) is 1. The topological polar surface area (TPSA) is 73.4 Å². The maximum absolute atomic E-state index is 12.0. The molecule has 1 aliphatic heterocycles. The van der Waals surface area contributed by atoms with E-state index < -0.39 is 0 Å². The van der Waals surface area contributed by atoms with E-state index in [2.05, 4.69) is 36.5 Å². The summed E-state index contributed by atoms with van der Waals surface area (Å²) in [4.78, 5) is 25.2. The average Bonchev–Trinajstić information content (AvgIpc) is 3.44. The van der Waals surface area contributed by atoms with Crippen LogP contribution in [0.15, 0.2) is 12.4 Å². The van der Waals surface area contributed by atoms with Gasteiger partial charge in [-0.25, -0.2) is 9.97 Å². The fraction of sp³-hybridized carbons (Fsp3) is 0.737. The lowest BCUT2D eigenvalue weighted by atomic mass is 9.93. The summed E-state index contributed by atoms with van der Waals surface area (Å²) < 4.78 is 0. The third kappa shape index (κ3) is 6.12. The van der Waals surface area contributed by atoms with E-state index in [1.807, 2.05) is 14.1 Å². The minimum atomic E-state index is 0.168. The molecule has 1 unspecified atom stereocenters. The van der Waals surface area contributed by atoms with Crippen LogP contribution < -0.4 is 15.5 Å². The Balaban J connectivity index is 1.44. The van der Waals surface area contributed by atoms with Crippen LogP contribution in [0, 0.1) is 5.92 Å². The number of piperidine rings is 1. The molecule has 1 atom stereocenters. The van der Waals surface area contributed by atoms with Crippen molar-refractivity contribution in [3.63, 3.8) is 0 Å². The summed E-state index contributed by atoms with van der Waals surface area (Å²) in [5.74, 6) is 2.66. The fourth-order valence-electron chi connectivity index (χ4n) is 3.39. The Morgan fingerprint density at radius 2 is 2.15 bits per heavy atom. The second-order valence-electron chi connectivity index (χ2n) is 7.83. The summed E-state index contributed by atoms with van der Waals surface area (Å²) in [5.41, 5.74) is 0. The SMILES string of the molecule is CN(C)CCNC(=O)CCC1CCCN(c2cc(NC3CC3)ncn2)C1. The van der Waals surface area contributed by atoms with Crippen LogP contribution in [-0.4, -0.2) is 67.1 Å². The first-order valence-electron chi connectivity index (χ1n) is 9.85. The molecule has 2 heterocycles. The molecule has 0 aromatic carbocycles. The zero-order valence-electron chi connectivity index (χ0n) is 16.1. The fourth-order valence-corrected chi connectivity index (χ4v) is 3.39. The van der Waals surface area contributed by atoms with Crippen molar-refractivity contribution >= 4 is 17.5 Å². The number of hydrogen-bond acceptors (Lipinski definition) is 6. The molecule has 1 saturated carbocycles. The molecule has 2 N–H and O–H groups in total. The first-order chi connectivity index (χ1) is 12.6. The highest BCUT2D eigenvalue weighted by atomic mass is 16.1. The highest BCUT2D eigenvalue weighted by molar-refractivity contribution is 5.75. The number of hydrogen-bond donors (Lipinski definition) is 2. The van der Waals surface area contributed by atoms with Crippen molar-refractivity contribution < 1.29 is 4.79 Å². The molecule has 7 heteroatoms. The van der Waals surface area contributed by atoms with Gasteiger partial charge in [-0.1, -0.05) is 0 Å². The second kappa shape index (κ2) is 9.16. The van der Waals surface area contributed by atoms with Crippen molar-refractivity contribution in [3.05, 3.63) is 12.4 Å². The van der Waals surface area contributed by atoms with Gasteiger partial charge in [-0.2, -0.15) is 0 Å². The predicted molar refractivity (Wildman–Crippen MR) is 104 cm³/mol. The molecule has 2 aliphatic rings. The molecule has 0 radical (unpaired) electrons. The number of aromatic nitrogens is 2. The van der Waals surface area contributed by atoms with Gasteiger partial charge in [-0.3, -0.25) is 4.79 Å². The van der Waals surface area contributed by atoms with Gasteiger partial charge < -0.3 is 20.4 Å². The van der Waals surface area contributed by atoms with Gasteiger partial charge in [0, 0.05) is 44.7 Å². The van der Waals surface area contributed by atoms with Gasteiger partial charge in [-0.05, 0) is 52.1 Å². The van der Waals surface area contributed by atoms with Gasteiger partial charge in [0.2, 0.25) is 5.91 Å². The Bertz CT molecular complexity index is 589. The van der Waals surface area contributed by atoms with Gasteiger partial charge in [-0.15, -0.1) is 0 Å². The highest BCUT2D eigenvalue weighted by Gasteiger charge is 2.24. The monoisotopic (exact) mass is 360 g/mol. The third-order valence-electron chi connectivity index (χ3n) is 5.09. The van der Waals surface area contributed by atoms with E-state index in [1.54, 1.807) is 6.33 Å².